The summed E-state index contributed by atoms with van der Waals surface area (Å²) in [5, 5.41) is 0. The van der Waals surface area contributed by atoms with Gasteiger partial charge in [-0.3, -0.25) is 0 Å². The average Bonchev–Trinajstić information content (AvgIpc) is 2.74. The summed E-state index contributed by atoms with van der Waals surface area (Å²) in [4.78, 5) is 2.60. The minimum absolute atomic E-state index is 0.781. The van der Waals surface area contributed by atoms with E-state index in [0.717, 1.165) is 5.92 Å². The Balaban J connectivity index is 0.000000531. The maximum absolute atomic E-state index is 2.60. The van der Waals surface area contributed by atoms with Gasteiger partial charge in [0.25, 0.3) is 0 Å². The van der Waals surface area contributed by atoms with Crippen molar-refractivity contribution in [2.75, 3.05) is 19.6 Å². The molecule has 0 bridgehead atoms. The molecule has 0 amide bonds. The second kappa shape index (κ2) is 6.84. The van der Waals surface area contributed by atoms with E-state index in [-0.39, 0.29) is 0 Å². The number of likely N-dealkylation sites (tertiary alicyclic amines) is 1. The zero-order valence-electron chi connectivity index (χ0n) is 10.5. The van der Waals surface area contributed by atoms with Gasteiger partial charge in [-0.25, -0.2) is 0 Å². The second-order valence-corrected chi connectivity index (χ2v) is 4.37. The lowest BCUT2D eigenvalue weighted by atomic mass is 9.95. The van der Waals surface area contributed by atoms with Crippen molar-refractivity contribution in [3.63, 3.8) is 0 Å². The largest absolute Gasteiger partial charge is 0.303 e. The van der Waals surface area contributed by atoms with Crippen molar-refractivity contribution < 1.29 is 0 Å². The highest BCUT2D eigenvalue weighted by atomic mass is 15.1. The number of rotatable bonds is 2. The molecule has 15 heavy (non-hydrogen) atoms. The second-order valence-electron chi connectivity index (χ2n) is 4.37. The van der Waals surface area contributed by atoms with Gasteiger partial charge >= 0.3 is 0 Å². The zero-order chi connectivity index (χ0) is 11.1. The molecule has 1 heteroatoms. The van der Waals surface area contributed by atoms with Gasteiger partial charge in [-0.05, 0) is 45.2 Å². The third-order valence-corrected chi connectivity index (χ3v) is 3.04. The average molecular weight is 207 g/mol. The van der Waals surface area contributed by atoms with Crippen LogP contribution in [-0.2, 0) is 0 Å². The van der Waals surface area contributed by atoms with Crippen LogP contribution in [0.2, 0.25) is 0 Å². The Morgan fingerprint density at radius 3 is 2.53 bits per heavy atom. The van der Waals surface area contributed by atoms with Crippen LogP contribution < -0.4 is 0 Å². The monoisotopic (exact) mass is 207 g/mol. The van der Waals surface area contributed by atoms with Crippen LogP contribution in [0.4, 0.5) is 0 Å². The smallest absolute Gasteiger partial charge is 0.00475 e. The minimum atomic E-state index is 0.781. The lowest BCUT2D eigenvalue weighted by molar-refractivity contribution is 0.300. The van der Waals surface area contributed by atoms with Gasteiger partial charge in [0, 0.05) is 6.54 Å². The van der Waals surface area contributed by atoms with Gasteiger partial charge in [0.05, 0.1) is 0 Å². The standard InChI is InChI=1S/C12H19N.C2H6/c1-11-5-4-6-12(9-11)10-13-7-2-3-8-13;1-2/h4-6,12H,2-3,7-10H2,1H3;1-2H3. The third-order valence-electron chi connectivity index (χ3n) is 3.04. The molecule has 1 heterocycles. The summed E-state index contributed by atoms with van der Waals surface area (Å²) < 4.78 is 0. The van der Waals surface area contributed by atoms with E-state index in [0.29, 0.717) is 0 Å². The first-order valence-corrected chi connectivity index (χ1v) is 6.41. The molecule has 0 radical (unpaired) electrons. The third kappa shape index (κ3) is 4.21. The molecule has 1 saturated heterocycles. The first-order valence-electron chi connectivity index (χ1n) is 6.41. The molecular formula is C14H25N. The Labute approximate surface area is 94.9 Å². The quantitative estimate of drug-likeness (QED) is 0.668. The highest BCUT2D eigenvalue weighted by molar-refractivity contribution is 5.18. The Hall–Kier alpha value is -0.560. The lowest BCUT2D eigenvalue weighted by Crippen LogP contribution is -2.26. The van der Waals surface area contributed by atoms with E-state index >= 15 is 0 Å². The van der Waals surface area contributed by atoms with Gasteiger partial charge < -0.3 is 4.90 Å². The summed E-state index contributed by atoms with van der Waals surface area (Å²) in [7, 11) is 0. The summed E-state index contributed by atoms with van der Waals surface area (Å²) in [6, 6.07) is 0. The number of hydrogen-bond acceptors (Lipinski definition) is 1. The van der Waals surface area contributed by atoms with Crippen LogP contribution in [0.3, 0.4) is 0 Å². The van der Waals surface area contributed by atoms with E-state index in [4.69, 9.17) is 0 Å². The molecule has 2 rings (SSSR count). The Morgan fingerprint density at radius 2 is 1.93 bits per heavy atom. The molecule has 0 aromatic carbocycles. The molecular weight excluding hydrogens is 182 g/mol. The molecule has 86 valence electrons. The molecule has 1 unspecified atom stereocenters. The zero-order valence-corrected chi connectivity index (χ0v) is 10.5. The van der Waals surface area contributed by atoms with Crippen molar-refractivity contribution >= 4 is 0 Å². The van der Waals surface area contributed by atoms with E-state index in [1.807, 2.05) is 13.8 Å². The van der Waals surface area contributed by atoms with Gasteiger partial charge in [-0.1, -0.05) is 37.6 Å². The summed E-state index contributed by atoms with van der Waals surface area (Å²) in [5.41, 5.74) is 1.53. The molecule has 1 nitrogen and oxygen atoms in total. The van der Waals surface area contributed by atoms with Crippen LogP contribution >= 0.6 is 0 Å². The molecule has 1 aliphatic heterocycles. The SMILES string of the molecule is CC.CC1=CC=CC(CN2CCCC2)C1. The molecule has 0 N–H and O–H groups in total. The van der Waals surface area contributed by atoms with Crippen molar-refractivity contribution in [2.24, 2.45) is 5.92 Å². The number of nitrogens with zero attached hydrogens (tertiary/aromatic N) is 1. The summed E-state index contributed by atoms with van der Waals surface area (Å²) in [6.07, 6.45) is 10.9. The molecule has 2 aliphatic rings. The minimum Gasteiger partial charge on any atom is -0.303 e. The maximum atomic E-state index is 2.60. The lowest BCUT2D eigenvalue weighted by Gasteiger charge is -2.22. The van der Waals surface area contributed by atoms with Crippen molar-refractivity contribution in [3.8, 4) is 0 Å². The maximum Gasteiger partial charge on any atom is 0.00475 e. The van der Waals surface area contributed by atoms with Gasteiger partial charge in [-0.2, -0.15) is 0 Å². The summed E-state index contributed by atoms with van der Waals surface area (Å²) >= 11 is 0. The predicted octanol–water partition coefficient (Wildman–Crippen LogP) is 3.63. The van der Waals surface area contributed by atoms with Crippen molar-refractivity contribution in [3.05, 3.63) is 23.8 Å². The molecule has 0 saturated carbocycles. The predicted molar refractivity (Wildman–Crippen MR) is 68.0 cm³/mol. The van der Waals surface area contributed by atoms with Gasteiger partial charge in [0.2, 0.25) is 0 Å². The molecule has 0 spiro atoms. The van der Waals surface area contributed by atoms with Gasteiger partial charge in [0.15, 0.2) is 0 Å². The topological polar surface area (TPSA) is 3.24 Å². The van der Waals surface area contributed by atoms with Crippen LogP contribution in [0.1, 0.15) is 40.0 Å². The first kappa shape index (κ1) is 12.5. The fourth-order valence-electron chi connectivity index (χ4n) is 2.35. The Bertz CT molecular complexity index is 221. The highest BCUT2D eigenvalue weighted by Crippen LogP contribution is 2.20. The van der Waals surface area contributed by atoms with Crippen LogP contribution in [0.5, 0.6) is 0 Å². The van der Waals surface area contributed by atoms with Gasteiger partial charge in [0.1, 0.15) is 0 Å². The molecule has 1 aliphatic carbocycles. The Kier molecular flexibility index (Phi) is 5.70. The fourth-order valence-corrected chi connectivity index (χ4v) is 2.35. The Morgan fingerprint density at radius 1 is 1.27 bits per heavy atom. The first-order chi connectivity index (χ1) is 7.34. The van der Waals surface area contributed by atoms with Crippen LogP contribution in [0, 0.1) is 5.92 Å². The summed E-state index contributed by atoms with van der Waals surface area (Å²) in [6.45, 7) is 10.2. The van der Waals surface area contributed by atoms with E-state index in [1.165, 1.54) is 44.5 Å². The fraction of sp³-hybridized carbons (Fsp3) is 0.714. The van der Waals surface area contributed by atoms with E-state index in [9.17, 15) is 0 Å². The van der Waals surface area contributed by atoms with E-state index in [1.54, 1.807) is 0 Å². The molecule has 0 aromatic rings. The molecule has 1 atom stereocenters. The van der Waals surface area contributed by atoms with Crippen molar-refractivity contribution in [1.82, 2.24) is 4.90 Å². The van der Waals surface area contributed by atoms with E-state index < -0.39 is 0 Å². The van der Waals surface area contributed by atoms with E-state index in [2.05, 4.69) is 30.1 Å². The van der Waals surface area contributed by atoms with Crippen LogP contribution in [0.25, 0.3) is 0 Å². The van der Waals surface area contributed by atoms with Crippen LogP contribution in [0.15, 0.2) is 23.8 Å². The number of allylic oxidation sites excluding steroid dienone is 3. The summed E-state index contributed by atoms with van der Waals surface area (Å²) in [5.74, 6) is 0.781. The molecule has 1 fully saturated rings. The van der Waals surface area contributed by atoms with Crippen molar-refractivity contribution in [2.45, 2.75) is 40.0 Å². The highest BCUT2D eigenvalue weighted by Gasteiger charge is 2.16. The van der Waals surface area contributed by atoms with Gasteiger partial charge in [-0.15, -0.1) is 0 Å². The number of hydrogen-bond donors (Lipinski definition) is 0. The van der Waals surface area contributed by atoms with Crippen LogP contribution in [-0.4, -0.2) is 24.5 Å². The molecule has 0 aromatic heterocycles. The van der Waals surface area contributed by atoms with Crippen molar-refractivity contribution in [1.29, 1.82) is 0 Å². The normalized spacial score (nSPS) is 25.8.